The Morgan fingerprint density at radius 1 is 1.32 bits per heavy atom. The minimum absolute atomic E-state index is 0.147. The molecule has 0 spiro atoms. The molecular formula is C18H18Cl2N4O3S. The number of amides is 1. The second kappa shape index (κ2) is 10.8. The van der Waals surface area contributed by atoms with Crippen molar-refractivity contribution in [3.63, 3.8) is 0 Å². The summed E-state index contributed by atoms with van der Waals surface area (Å²) in [7, 11) is 2.90. The maximum atomic E-state index is 12.1. The molecule has 0 aliphatic heterocycles. The van der Waals surface area contributed by atoms with Crippen LogP contribution in [0.4, 0.5) is 0 Å². The van der Waals surface area contributed by atoms with Crippen molar-refractivity contribution in [2.45, 2.75) is 13.5 Å². The maximum Gasteiger partial charge on any atom is 0.273 e. The summed E-state index contributed by atoms with van der Waals surface area (Å²) in [6.45, 7) is 1.93. The van der Waals surface area contributed by atoms with Gasteiger partial charge in [0.05, 0.1) is 15.6 Å². The number of benzene rings is 1. The third kappa shape index (κ3) is 5.79. The van der Waals surface area contributed by atoms with Crippen molar-refractivity contribution in [2.75, 3.05) is 14.2 Å². The number of nitrogens with zero attached hydrogens (tertiary/aromatic N) is 3. The van der Waals surface area contributed by atoms with E-state index in [1.54, 1.807) is 31.2 Å². The van der Waals surface area contributed by atoms with Gasteiger partial charge in [0, 0.05) is 18.2 Å². The number of allylic oxidation sites excluding steroid dienone is 1. The van der Waals surface area contributed by atoms with Gasteiger partial charge in [0.1, 0.15) is 13.7 Å². The van der Waals surface area contributed by atoms with Crippen LogP contribution in [0.15, 0.2) is 40.7 Å². The summed E-state index contributed by atoms with van der Waals surface area (Å²) in [6, 6.07) is 7.22. The van der Waals surface area contributed by atoms with E-state index in [-0.39, 0.29) is 23.4 Å². The van der Waals surface area contributed by atoms with Gasteiger partial charge >= 0.3 is 0 Å². The van der Waals surface area contributed by atoms with Crippen LogP contribution in [0.3, 0.4) is 0 Å². The Morgan fingerprint density at radius 2 is 2.07 bits per heavy atom. The minimum atomic E-state index is -0.364. The lowest BCUT2D eigenvalue weighted by Gasteiger charge is -2.10. The predicted molar refractivity (Wildman–Crippen MR) is 113 cm³/mol. The van der Waals surface area contributed by atoms with E-state index < -0.39 is 0 Å². The first kappa shape index (κ1) is 21.9. The Morgan fingerprint density at radius 3 is 2.71 bits per heavy atom. The number of hydrogen-bond donors (Lipinski definition) is 1. The van der Waals surface area contributed by atoms with Gasteiger partial charge in [-0.1, -0.05) is 57.8 Å². The second-order valence-corrected chi connectivity index (χ2v) is 6.89. The van der Waals surface area contributed by atoms with Gasteiger partial charge in [-0.3, -0.25) is 4.79 Å². The van der Waals surface area contributed by atoms with Crippen LogP contribution < -0.4 is 5.32 Å². The molecule has 0 saturated heterocycles. The molecule has 1 heterocycles. The van der Waals surface area contributed by atoms with Crippen molar-refractivity contribution in [1.29, 1.82) is 0 Å². The van der Waals surface area contributed by atoms with Gasteiger partial charge in [-0.15, -0.1) is 0 Å². The average molecular weight is 441 g/mol. The highest BCUT2D eigenvalue weighted by Crippen LogP contribution is 2.29. The third-order valence-electron chi connectivity index (χ3n) is 3.42. The van der Waals surface area contributed by atoms with Gasteiger partial charge in [0.25, 0.3) is 5.91 Å². The largest absolute Gasteiger partial charge is 0.398 e. The fraction of sp³-hybridized carbons (Fsp3) is 0.222. The first-order valence-electron chi connectivity index (χ1n) is 8.04. The molecule has 1 amide bonds. The van der Waals surface area contributed by atoms with Gasteiger partial charge in [0.15, 0.2) is 10.9 Å². The van der Waals surface area contributed by atoms with Gasteiger partial charge in [0.2, 0.25) is 0 Å². The molecule has 1 aromatic carbocycles. The van der Waals surface area contributed by atoms with E-state index in [1.807, 2.05) is 12.1 Å². The van der Waals surface area contributed by atoms with E-state index in [0.29, 0.717) is 16.3 Å². The average Bonchev–Trinajstić information content (AvgIpc) is 3.02. The molecule has 10 heteroatoms. The van der Waals surface area contributed by atoms with Crippen LogP contribution in [0.2, 0.25) is 10.2 Å². The fourth-order valence-corrected chi connectivity index (χ4v) is 3.20. The smallest absolute Gasteiger partial charge is 0.273 e. The van der Waals surface area contributed by atoms with E-state index >= 15 is 0 Å². The van der Waals surface area contributed by atoms with Crippen molar-refractivity contribution in [3.05, 3.63) is 56.5 Å². The SMILES string of the molecule is CNC(=O)/C(=N/OC)c1ccccc1CO/N=C(C)/C=C/c1snc(Cl)c1Cl. The molecule has 0 unspecified atom stereocenters. The lowest BCUT2D eigenvalue weighted by molar-refractivity contribution is -0.114. The summed E-state index contributed by atoms with van der Waals surface area (Å²) >= 11 is 13.0. The zero-order valence-corrected chi connectivity index (χ0v) is 17.7. The molecule has 0 fully saturated rings. The Kier molecular flexibility index (Phi) is 8.43. The number of carbonyl (C=O) groups excluding carboxylic acids is 1. The van der Waals surface area contributed by atoms with Gasteiger partial charge < -0.3 is 15.0 Å². The van der Waals surface area contributed by atoms with Crippen LogP contribution in [-0.2, 0) is 21.1 Å². The van der Waals surface area contributed by atoms with Gasteiger partial charge in [-0.05, 0) is 30.6 Å². The van der Waals surface area contributed by atoms with E-state index in [2.05, 4.69) is 20.0 Å². The zero-order chi connectivity index (χ0) is 20.5. The van der Waals surface area contributed by atoms with Crippen LogP contribution in [0.1, 0.15) is 22.9 Å². The van der Waals surface area contributed by atoms with E-state index in [9.17, 15) is 4.79 Å². The first-order valence-corrected chi connectivity index (χ1v) is 9.57. The molecule has 2 rings (SSSR count). The standard InChI is InChI=1S/C18H18Cl2N4O3S/c1-11(8-9-14-15(19)17(20)24-28-14)22-27-10-12-6-4-5-7-13(12)16(23-26-3)18(25)21-2/h4-9H,10H2,1-3H3,(H,21,25)/b9-8+,22-11+,23-16+. The summed E-state index contributed by atoms with van der Waals surface area (Å²) in [6.07, 6.45) is 3.50. The second-order valence-electron chi connectivity index (χ2n) is 5.35. The maximum absolute atomic E-state index is 12.1. The molecule has 0 saturated carbocycles. The molecule has 28 heavy (non-hydrogen) atoms. The van der Waals surface area contributed by atoms with Crippen LogP contribution >= 0.6 is 34.7 Å². The quantitative estimate of drug-likeness (QED) is 0.493. The normalized spacial score (nSPS) is 12.3. The number of aromatic nitrogens is 1. The highest BCUT2D eigenvalue weighted by Gasteiger charge is 2.17. The van der Waals surface area contributed by atoms with Crippen LogP contribution in [-0.4, -0.2) is 35.9 Å². The molecule has 7 nitrogen and oxygen atoms in total. The van der Waals surface area contributed by atoms with Crippen molar-refractivity contribution >= 4 is 58.1 Å². The molecule has 0 aliphatic carbocycles. The van der Waals surface area contributed by atoms with E-state index in [1.165, 1.54) is 25.7 Å². The Hall–Kier alpha value is -2.42. The summed E-state index contributed by atoms with van der Waals surface area (Å²) in [5.74, 6) is -0.364. The van der Waals surface area contributed by atoms with Crippen LogP contribution in [0.25, 0.3) is 6.08 Å². The lowest BCUT2D eigenvalue weighted by atomic mass is 10.0. The Balaban J connectivity index is 2.10. The van der Waals surface area contributed by atoms with Crippen LogP contribution in [0, 0.1) is 0 Å². The predicted octanol–water partition coefficient (Wildman–Crippen LogP) is 4.15. The fourth-order valence-electron chi connectivity index (χ4n) is 2.10. The molecule has 1 N–H and O–H groups in total. The molecule has 2 aromatic rings. The number of halogens is 2. The summed E-state index contributed by atoms with van der Waals surface area (Å²) in [5.41, 5.74) is 2.11. The molecule has 0 radical (unpaired) electrons. The molecule has 0 aliphatic rings. The monoisotopic (exact) mass is 440 g/mol. The number of oxime groups is 2. The van der Waals surface area contributed by atoms with Crippen molar-refractivity contribution in [1.82, 2.24) is 9.69 Å². The first-order chi connectivity index (χ1) is 13.5. The number of rotatable bonds is 8. The number of nitrogens with one attached hydrogen (secondary N) is 1. The Labute approximate surface area is 176 Å². The molecule has 1 aromatic heterocycles. The van der Waals surface area contributed by atoms with Crippen molar-refractivity contribution in [3.8, 4) is 0 Å². The number of carbonyl (C=O) groups is 1. The van der Waals surface area contributed by atoms with E-state index in [4.69, 9.17) is 32.9 Å². The summed E-state index contributed by atoms with van der Waals surface area (Å²) < 4.78 is 3.96. The molecule has 148 valence electrons. The minimum Gasteiger partial charge on any atom is -0.398 e. The molecule has 0 bridgehead atoms. The molecular weight excluding hydrogens is 423 g/mol. The topological polar surface area (TPSA) is 85.2 Å². The Bertz CT molecular complexity index is 925. The van der Waals surface area contributed by atoms with Gasteiger partial charge in [-0.25, -0.2) is 0 Å². The van der Waals surface area contributed by atoms with Crippen molar-refractivity contribution < 1.29 is 14.5 Å². The van der Waals surface area contributed by atoms with E-state index in [0.717, 1.165) is 10.4 Å². The summed E-state index contributed by atoms with van der Waals surface area (Å²) in [4.78, 5) is 23.0. The zero-order valence-electron chi connectivity index (χ0n) is 15.4. The lowest BCUT2D eigenvalue weighted by Crippen LogP contribution is -2.29. The van der Waals surface area contributed by atoms with Gasteiger partial charge in [-0.2, -0.15) is 4.37 Å². The molecule has 0 atom stereocenters. The van der Waals surface area contributed by atoms with Crippen LogP contribution in [0.5, 0.6) is 0 Å². The summed E-state index contributed by atoms with van der Waals surface area (Å²) in [5, 5.41) is 11.1. The van der Waals surface area contributed by atoms with Crippen molar-refractivity contribution in [2.24, 2.45) is 10.3 Å². The highest BCUT2D eigenvalue weighted by molar-refractivity contribution is 7.08. The number of likely N-dealkylation sites (N-methyl/N-ethyl adjacent to an activating group) is 1. The third-order valence-corrected chi connectivity index (χ3v) is 5.20. The highest BCUT2D eigenvalue weighted by atomic mass is 35.5. The number of hydrogen-bond acceptors (Lipinski definition) is 7.